The van der Waals surface area contributed by atoms with Crippen molar-refractivity contribution >= 4 is 10.0 Å². The molecule has 0 aliphatic heterocycles. The molecule has 1 aromatic carbocycles. The van der Waals surface area contributed by atoms with Crippen molar-refractivity contribution in [3.8, 4) is 6.07 Å². The van der Waals surface area contributed by atoms with Gasteiger partial charge < -0.3 is 0 Å². The summed E-state index contributed by atoms with van der Waals surface area (Å²) in [5, 5.41) is 8.65. The molecular weight excluding hydrogens is 293 g/mol. The number of hydrogen-bond donors (Lipinski definition) is 0. The molecule has 0 aliphatic carbocycles. The molecule has 21 heavy (non-hydrogen) atoms. The SMILES string of the molecule is CN(Cc1cccc(F)c1)S(=O)(=O)c1ccc(C#N)nc1. The van der Waals surface area contributed by atoms with Gasteiger partial charge in [0.15, 0.2) is 0 Å². The van der Waals surface area contributed by atoms with Gasteiger partial charge >= 0.3 is 0 Å². The van der Waals surface area contributed by atoms with Gasteiger partial charge in [-0.05, 0) is 29.8 Å². The first-order valence-electron chi connectivity index (χ1n) is 6.00. The van der Waals surface area contributed by atoms with E-state index in [0.717, 1.165) is 10.5 Å². The number of halogens is 1. The van der Waals surface area contributed by atoms with E-state index in [1.165, 1.54) is 37.4 Å². The van der Waals surface area contributed by atoms with Crippen LogP contribution in [0.3, 0.4) is 0 Å². The number of aromatic nitrogens is 1. The third-order valence-corrected chi connectivity index (χ3v) is 4.64. The minimum absolute atomic E-state index is 0.0135. The van der Waals surface area contributed by atoms with Crippen molar-refractivity contribution in [2.24, 2.45) is 0 Å². The first-order valence-corrected chi connectivity index (χ1v) is 7.44. The van der Waals surface area contributed by atoms with Crippen molar-refractivity contribution < 1.29 is 12.8 Å². The van der Waals surface area contributed by atoms with Crippen molar-refractivity contribution in [1.82, 2.24) is 9.29 Å². The molecule has 0 bridgehead atoms. The number of pyridine rings is 1. The van der Waals surface area contributed by atoms with Gasteiger partial charge in [0, 0.05) is 19.8 Å². The minimum Gasteiger partial charge on any atom is -0.244 e. The Morgan fingerprint density at radius 3 is 2.67 bits per heavy atom. The highest BCUT2D eigenvalue weighted by Gasteiger charge is 2.21. The third kappa shape index (κ3) is 3.42. The molecule has 1 heterocycles. The fourth-order valence-electron chi connectivity index (χ4n) is 1.76. The van der Waals surface area contributed by atoms with Crippen molar-refractivity contribution in [3.63, 3.8) is 0 Å². The van der Waals surface area contributed by atoms with E-state index in [2.05, 4.69) is 4.98 Å². The molecule has 0 saturated heterocycles. The monoisotopic (exact) mass is 305 g/mol. The first kappa shape index (κ1) is 15.1. The summed E-state index contributed by atoms with van der Waals surface area (Å²) in [7, 11) is -2.33. The van der Waals surface area contributed by atoms with E-state index in [-0.39, 0.29) is 17.1 Å². The molecule has 2 aromatic rings. The molecule has 5 nitrogen and oxygen atoms in total. The molecule has 0 spiro atoms. The summed E-state index contributed by atoms with van der Waals surface area (Å²) >= 11 is 0. The molecular formula is C14H12FN3O2S. The van der Waals surface area contributed by atoms with Gasteiger partial charge in [0.25, 0.3) is 0 Å². The Kier molecular flexibility index (Phi) is 4.31. The van der Waals surface area contributed by atoms with E-state index in [4.69, 9.17) is 5.26 Å². The molecule has 1 aromatic heterocycles. The molecule has 7 heteroatoms. The van der Waals surface area contributed by atoms with E-state index in [0.29, 0.717) is 5.56 Å². The molecule has 0 saturated carbocycles. The van der Waals surface area contributed by atoms with Gasteiger partial charge in [-0.3, -0.25) is 0 Å². The fraction of sp³-hybridized carbons (Fsp3) is 0.143. The Hall–Kier alpha value is -2.30. The van der Waals surface area contributed by atoms with Crippen LogP contribution >= 0.6 is 0 Å². The fourth-order valence-corrected chi connectivity index (χ4v) is 2.86. The normalized spacial score (nSPS) is 11.3. The van der Waals surface area contributed by atoms with Gasteiger partial charge in [0.1, 0.15) is 22.5 Å². The molecule has 0 radical (unpaired) electrons. The lowest BCUT2D eigenvalue weighted by Gasteiger charge is -2.17. The average molecular weight is 305 g/mol. The van der Waals surface area contributed by atoms with Gasteiger partial charge in [-0.25, -0.2) is 17.8 Å². The van der Waals surface area contributed by atoms with Crippen LogP contribution in [0, 0.1) is 17.1 Å². The van der Waals surface area contributed by atoms with Crippen molar-refractivity contribution in [2.75, 3.05) is 7.05 Å². The van der Waals surface area contributed by atoms with Crippen molar-refractivity contribution in [2.45, 2.75) is 11.4 Å². The first-order chi connectivity index (χ1) is 9.93. The zero-order valence-electron chi connectivity index (χ0n) is 11.2. The highest BCUT2D eigenvalue weighted by molar-refractivity contribution is 7.89. The van der Waals surface area contributed by atoms with Crippen LogP contribution in [0.15, 0.2) is 47.5 Å². The van der Waals surface area contributed by atoms with Crippen LogP contribution in [0.2, 0.25) is 0 Å². The molecule has 2 rings (SSSR count). The summed E-state index contributed by atoms with van der Waals surface area (Å²) in [5.41, 5.74) is 0.685. The molecule has 0 N–H and O–H groups in total. The van der Waals surface area contributed by atoms with E-state index in [1.54, 1.807) is 6.07 Å². The minimum atomic E-state index is -3.74. The van der Waals surface area contributed by atoms with Crippen LogP contribution in [0.4, 0.5) is 4.39 Å². The molecule has 0 atom stereocenters. The summed E-state index contributed by atoms with van der Waals surface area (Å²) in [6.45, 7) is 0.0418. The van der Waals surface area contributed by atoms with Crippen molar-refractivity contribution in [1.29, 1.82) is 5.26 Å². The lowest BCUT2D eigenvalue weighted by Crippen LogP contribution is -2.26. The maximum Gasteiger partial charge on any atom is 0.244 e. The number of benzene rings is 1. The summed E-state index contributed by atoms with van der Waals surface area (Å²) in [4.78, 5) is 3.73. The predicted octanol–water partition coefficient (Wildman–Crippen LogP) is 1.91. The summed E-state index contributed by atoms with van der Waals surface area (Å²) < 4.78 is 38.9. The van der Waals surface area contributed by atoms with E-state index >= 15 is 0 Å². The largest absolute Gasteiger partial charge is 0.244 e. The van der Waals surface area contributed by atoms with E-state index in [9.17, 15) is 12.8 Å². The van der Waals surface area contributed by atoms with Crippen LogP contribution in [-0.4, -0.2) is 24.8 Å². The zero-order valence-corrected chi connectivity index (χ0v) is 12.0. The van der Waals surface area contributed by atoms with Crippen LogP contribution in [0.1, 0.15) is 11.3 Å². The van der Waals surface area contributed by atoms with Crippen LogP contribution in [-0.2, 0) is 16.6 Å². The lowest BCUT2D eigenvalue weighted by molar-refractivity contribution is 0.465. The Labute approximate surface area is 122 Å². The van der Waals surface area contributed by atoms with Gasteiger partial charge in [-0.1, -0.05) is 12.1 Å². The van der Waals surface area contributed by atoms with Crippen LogP contribution in [0.25, 0.3) is 0 Å². The summed E-state index contributed by atoms with van der Waals surface area (Å²) in [6, 6.07) is 10.2. The maximum atomic E-state index is 13.1. The predicted molar refractivity (Wildman–Crippen MR) is 74.0 cm³/mol. The van der Waals surface area contributed by atoms with Gasteiger partial charge in [-0.15, -0.1) is 0 Å². The second-order valence-electron chi connectivity index (χ2n) is 4.38. The van der Waals surface area contributed by atoms with Gasteiger partial charge in [-0.2, -0.15) is 9.57 Å². The third-order valence-electron chi connectivity index (χ3n) is 2.85. The molecule has 0 aliphatic rings. The molecule has 108 valence electrons. The number of nitriles is 1. The van der Waals surface area contributed by atoms with E-state index in [1.807, 2.05) is 6.07 Å². The highest BCUT2D eigenvalue weighted by Crippen LogP contribution is 2.16. The number of hydrogen-bond acceptors (Lipinski definition) is 4. The second kappa shape index (κ2) is 5.99. The quantitative estimate of drug-likeness (QED) is 0.865. The zero-order chi connectivity index (χ0) is 15.5. The smallest absolute Gasteiger partial charge is 0.244 e. The Balaban J connectivity index is 2.24. The number of rotatable bonds is 4. The van der Waals surface area contributed by atoms with Gasteiger partial charge in [0.05, 0.1) is 0 Å². The molecule has 0 unspecified atom stereocenters. The standard InChI is InChI=1S/C14H12FN3O2S/c1-18(10-11-3-2-4-12(15)7-11)21(19,20)14-6-5-13(8-16)17-9-14/h2-7,9H,10H2,1H3. The Bertz CT molecular complexity index is 783. The maximum absolute atomic E-state index is 13.1. The Morgan fingerprint density at radius 2 is 2.10 bits per heavy atom. The van der Waals surface area contributed by atoms with Crippen LogP contribution in [0.5, 0.6) is 0 Å². The lowest BCUT2D eigenvalue weighted by atomic mass is 10.2. The number of sulfonamides is 1. The summed E-state index contributed by atoms with van der Waals surface area (Å²) in [5.74, 6) is -0.418. The topological polar surface area (TPSA) is 74.1 Å². The Morgan fingerprint density at radius 1 is 1.33 bits per heavy atom. The van der Waals surface area contributed by atoms with E-state index < -0.39 is 15.8 Å². The number of nitrogens with zero attached hydrogens (tertiary/aromatic N) is 3. The molecule has 0 amide bonds. The second-order valence-corrected chi connectivity index (χ2v) is 6.43. The van der Waals surface area contributed by atoms with Crippen LogP contribution < -0.4 is 0 Å². The highest BCUT2D eigenvalue weighted by atomic mass is 32.2. The average Bonchev–Trinajstić information content (AvgIpc) is 2.47. The summed E-state index contributed by atoms with van der Waals surface area (Å²) in [6.07, 6.45) is 1.13. The molecule has 0 fully saturated rings. The van der Waals surface area contributed by atoms with Gasteiger partial charge in [0.2, 0.25) is 10.0 Å². The van der Waals surface area contributed by atoms with Crippen molar-refractivity contribution in [3.05, 3.63) is 59.7 Å².